The monoisotopic (exact) mass is 216 g/mol. The highest BCUT2D eigenvalue weighted by atomic mass is 16.1. The molecule has 0 aliphatic carbocycles. The quantitative estimate of drug-likeness (QED) is 0.482. The second-order valence-corrected chi connectivity index (χ2v) is 3.08. The first-order valence-electron chi connectivity index (χ1n) is 5.56. The molecule has 0 unspecified atom stereocenters. The maximum atomic E-state index is 9.56. The van der Waals surface area contributed by atoms with Crippen molar-refractivity contribution in [2.24, 2.45) is 5.73 Å². The summed E-state index contributed by atoms with van der Waals surface area (Å²) in [5, 5.41) is 0. The summed E-state index contributed by atoms with van der Waals surface area (Å²) in [6, 6.07) is 0. The molecule has 15 heavy (non-hydrogen) atoms. The zero-order chi connectivity index (χ0) is 11.9. The Bertz CT molecular complexity index is 129. The molecule has 2 N–H and O–H groups in total. The molecule has 0 aromatic heterocycles. The van der Waals surface area contributed by atoms with E-state index in [1.807, 2.05) is 0 Å². The average Bonchev–Trinajstić information content (AvgIpc) is 2.27. The fourth-order valence-electron chi connectivity index (χ4n) is 1.01. The van der Waals surface area contributed by atoms with Crippen LogP contribution in [0.1, 0.15) is 33.1 Å². The van der Waals surface area contributed by atoms with Crippen LogP contribution in [0.5, 0.6) is 0 Å². The van der Waals surface area contributed by atoms with Crippen molar-refractivity contribution in [2.75, 3.05) is 26.2 Å². The van der Waals surface area contributed by atoms with E-state index in [-0.39, 0.29) is 0 Å². The van der Waals surface area contributed by atoms with Crippen molar-refractivity contribution >= 4 is 12.6 Å². The van der Waals surface area contributed by atoms with Crippen molar-refractivity contribution in [1.29, 1.82) is 0 Å². The third kappa shape index (κ3) is 16.0. The Morgan fingerprint density at radius 3 is 1.73 bits per heavy atom. The zero-order valence-electron chi connectivity index (χ0n) is 9.95. The molecule has 0 rings (SSSR count). The van der Waals surface area contributed by atoms with Gasteiger partial charge in [0.2, 0.25) is 0 Å². The highest BCUT2D eigenvalue weighted by molar-refractivity contribution is 5.52. The molecular formula is C11H24N2O2. The van der Waals surface area contributed by atoms with E-state index in [1.54, 1.807) is 0 Å². The van der Waals surface area contributed by atoms with Gasteiger partial charge >= 0.3 is 0 Å². The van der Waals surface area contributed by atoms with E-state index in [1.165, 1.54) is 0 Å². The van der Waals surface area contributed by atoms with Crippen LogP contribution in [0.25, 0.3) is 0 Å². The van der Waals surface area contributed by atoms with Crippen LogP contribution in [-0.4, -0.2) is 43.7 Å². The van der Waals surface area contributed by atoms with Gasteiger partial charge in [-0.05, 0) is 19.5 Å². The highest BCUT2D eigenvalue weighted by Crippen LogP contribution is 1.85. The lowest BCUT2D eigenvalue weighted by molar-refractivity contribution is -0.108. The summed E-state index contributed by atoms with van der Waals surface area (Å²) in [5.41, 5.74) is 5.34. The smallest absolute Gasteiger partial charge is 0.120 e. The predicted molar refractivity (Wildman–Crippen MR) is 62.8 cm³/mol. The number of carbonyl (C=O) groups excluding carboxylic acids is 2. The van der Waals surface area contributed by atoms with Gasteiger partial charge in [-0.15, -0.1) is 0 Å². The molecule has 0 amide bonds. The second kappa shape index (κ2) is 15.7. The predicted octanol–water partition coefficient (Wildman–Crippen LogP) is 0.841. The van der Waals surface area contributed by atoms with Crippen LogP contribution in [0.2, 0.25) is 0 Å². The van der Waals surface area contributed by atoms with E-state index in [0.29, 0.717) is 19.3 Å². The van der Waals surface area contributed by atoms with Gasteiger partial charge in [-0.1, -0.05) is 13.8 Å². The second-order valence-electron chi connectivity index (χ2n) is 3.08. The van der Waals surface area contributed by atoms with Gasteiger partial charge in [0, 0.05) is 25.9 Å². The topological polar surface area (TPSA) is 63.4 Å². The molecule has 90 valence electrons. The van der Waals surface area contributed by atoms with Crippen LogP contribution in [0.4, 0.5) is 0 Å². The maximum absolute atomic E-state index is 9.56. The van der Waals surface area contributed by atoms with Crippen LogP contribution in [0, 0.1) is 0 Å². The van der Waals surface area contributed by atoms with Crippen molar-refractivity contribution in [3.05, 3.63) is 0 Å². The summed E-state index contributed by atoms with van der Waals surface area (Å²) in [6.45, 7) is 8.36. The van der Waals surface area contributed by atoms with Crippen LogP contribution in [0.3, 0.4) is 0 Å². The lowest BCUT2D eigenvalue weighted by atomic mass is 10.3. The standard InChI is InChI=1S/C6H16N2.C5H8O2/c1-3-8(4-2)6-5-7;6-4-2-1-3-5-7/h3-7H2,1-2H3;4-5H,1-3H2. The Balaban J connectivity index is 0. The molecule has 0 aliphatic rings. The Labute approximate surface area is 92.8 Å². The van der Waals surface area contributed by atoms with E-state index < -0.39 is 0 Å². The minimum absolute atomic E-state index is 0.513. The maximum Gasteiger partial charge on any atom is 0.120 e. The fourth-order valence-corrected chi connectivity index (χ4v) is 1.01. The first kappa shape index (κ1) is 16.7. The normalized spacial score (nSPS) is 9.33. The first-order valence-corrected chi connectivity index (χ1v) is 5.56. The van der Waals surface area contributed by atoms with Crippen LogP contribution in [0.15, 0.2) is 0 Å². The van der Waals surface area contributed by atoms with Crippen LogP contribution in [-0.2, 0) is 9.59 Å². The van der Waals surface area contributed by atoms with Crippen LogP contribution >= 0.6 is 0 Å². The van der Waals surface area contributed by atoms with Gasteiger partial charge in [-0.3, -0.25) is 0 Å². The molecule has 0 aromatic rings. The summed E-state index contributed by atoms with van der Waals surface area (Å²) >= 11 is 0. The number of unbranched alkanes of at least 4 members (excludes halogenated alkanes) is 2. The summed E-state index contributed by atoms with van der Waals surface area (Å²) < 4.78 is 0. The number of nitrogens with zero attached hydrogens (tertiary/aromatic N) is 1. The molecule has 0 radical (unpaired) electrons. The fraction of sp³-hybridized carbons (Fsp3) is 0.818. The van der Waals surface area contributed by atoms with Crippen LogP contribution < -0.4 is 5.73 Å². The minimum Gasteiger partial charge on any atom is -0.329 e. The number of aldehydes is 2. The molecule has 0 bridgehead atoms. The number of rotatable bonds is 8. The molecule has 0 saturated heterocycles. The van der Waals surface area contributed by atoms with Gasteiger partial charge in [0.15, 0.2) is 0 Å². The van der Waals surface area contributed by atoms with Crippen molar-refractivity contribution in [1.82, 2.24) is 4.90 Å². The molecule has 0 aromatic carbocycles. The lowest BCUT2D eigenvalue weighted by Gasteiger charge is -2.15. The Kier molecular flexibility index (Phi) is 17.5. The van der Waals surface area contributed by atoms with E-state index >= 15 is 0 Å². The molecule has 0 saturated carbocycles. The van der Waals surface area contributed by atoms with Gasteiger partial charge in [0.1, 0.15) is 12.6 Å². The molecule has 0 aliphatic heterocycles. The molecule has 4 nitrogen and oxygen atoms in total. The number of carbonyl (C=O) groups is 2. The molecule has 0 atom stereocenters. The largest absolute Gasteiger partial charge is 0.329 e. The van der Waals surface area contributed by atoms with E-state index in [0.717, 1.165) is 38.8 Å². The molecule has 0 fully saturated rings. The molecule has 0 spiro atoms. The van der Waals surface area contributed by atoms with E-state index in [2.05, 4.69) is 18.7 Å². The Morgan fingerprint density at radius 2 is 1.53 bits per heavy atom. The molecule has 0 heterocycles. The average molecular weight is 216 g/mol. The van der Waals surface area contributed by atoms with Crippen molar-refractivity contribution < 1.29 is 9.59 Å². The van der Waals surface area contributed by atoms with Gasteiger partial charge in [-0.25, -0.2) is 0 Å². The van der Waals surface area contributed by atoms with Crippen molar-refractivity contribution in [3.63, 3.8) is 0 Å². The number of nitrogens with two attached hydrogens (primary N) is 1. The van der Waals surface area contributed by atoms with Gasteiger partial charge in [0.05, 0.1) is 0 Å². The van der Waals surface area contributed by atoms with Crippen molar-refractivity contribution in [3.8, 4) is 0 Å². The highest BCUT2D eigenvalue weighted by Gasteiger charge is 1.92. The summed E-state index contributed by atoms with van der Waals surface area (Å²) in [4.78, 5) is 21.4. The SMILES string of the molecule is CCN(CC)CCN.O=CCCCC=O. The summed E-state index contributed by atoms with van der Waals surface area (Å²) in [7, 11) is 0. The van der Waals surface area contributed by atoms with E-state index in [4.69, 9.17) is 5.73 Å². The van der Waals surface area contributed by atoms with Crippen molar-refractivity contribution in [2.45, 2.75) is 33.1 Å². The molecular weight excluding hydrogens is 192 g/mol. The number of likely N-dealkylation sites (N-methyl/N-ethyl adjacent to an activating group) is 1. The lowest BCUT2D eigenvalue weighted by Crippen LogP contribution is -2.28. The van der Waals surface area contributed by atoms with Gasteiger partial charge < -0.3 is 20.2 Å². The van der Waals surface area contributed by atoms with Gasteiger partial charge in [-0.2, -0.15) is 0 Å². The Hall–Kier alpha value is -0.740. The number of hydrogen-bond donors (Lipinski definition) is 1. The minimum atomic E-state index is 0.513. The molecule has 4 heteroatoms. The zero-order valence-corrected chi connectivity index (χ0v) is 9.95. The first-order chi connectivity index (χ1) is 7.26. The third-order valence-electron chi connectivity index (χ3n) is 1.98. The number of hydrogen-bond acceptors (Lipinski definition) is 4. The Morgan fingerprint density at radius 1 is 1.07 bits per heavy atom. The summed E-state index contributed by atoms with van der Waals surface area (Å²) in [5.74, 6) is 0. The van der Waals surface area contributed by atoms with E-state index in [9.17, 15) is 9.59 Å². The summed E-state index contributed by atoms with van der Waals surface area (Å²) in [6.07, 6.45) is 3.37. The third-order valence-corrected chi connectivity index (χ3v) is 1.98. The van der Waals surface area contributed by atoms with Gasteiger partial charge in [0.25, 0.3) is 0 Å².